The molecule has 0 bridgehead atoms. The van der Waals surface area contributed by atoms with E-state index in [-0.39, 0.29) is 6.10 Å². The van der Waals surface area contributed by atoms with E-state index in [1.807, 2.05) is 0 Å². The molecule has 0 aliphatic heterocycles. The average molecular weight is 289 g/mol. The van der Waals surface area contributed by atoms with Crippen molar-refractivity contribution in [2.45, 2.75) is 45.1 Å². The summed E-state index contributed by atoms with van der Waals surface area (Å²) < 4.78 is 1.16. The molecule has 1 aliphatic rings. The molecule has 3 heteroatoms. The van der Waals surface area contributed by atoms with Gasteiger partial charge in [0.25, 0.3) is 0 Å². The predicted molar refractivity (Wildman–Crippen MR) is 68.3 cm³/mol. The molecule has 1 saturated carbocycles. The van der Waals surface area contributed by atoms with Crippen molar-refractivity contribution in [1.29, 1.82) is 0 Å². The minimum absolute atomic E-state index is 0.247. The van der Waals surface area contributed by atoms with Crippen molar-refractivity contribution < 1.29 is 5.11 Å². The van der Waals surface area contributed by atoms with E-state index in [0.29, 0.717) is 0 Å². The van der Waals surface area contributed by atoms with E-state index < -0.39 is 0 Å². The molecule has 0 spiro atoms. The Morgan fingerprint density at radius 3 is 2.73 bits per heavy atom. The highest BCUT2D eigenvalue weighted by molar-refractivity contribution is 9.11. The highest BCUT2D eigenvalue weighted by Crippen LogP contribution is 2.37. The van der Waals surface area contributed by atoms with Crippen LogP contribution in [0.5, 0.6) is 0 Å². The van der Waals surface area contributed by atoms with Crippen LogP contribution in [0.25, 0.3) is 0 Å². The van der Waals surface area contributed by atoms with E-state index in [1.165, 1.54) is 31.2 Å². The van der Waals surface area contributed by atoms with E-state index >= 15 is 0 Å². The van der Waals surface area contributed by atoms with E-state index in [1.54, 1.807) is 11.3 Å². The van der Waals surface area contributed by atoms with Crippen molar-refractivity contribution in [3.63, 3.8) is 0 Å². The summed E-state index contributed by atoms with van der Waals surface area (Å²) in [5.74, 6) is 0.751. The van der Waals surface area contributed by atoms with E-state index in [2.05, 4.69) is 28.9 Å². The number of hydrogen-bond acceptors (Lipinski definition) is 2. The largest absolute Gasteiger partial charge is 0.388 e. The van der Waals surface area contributed by atoms with Crippen LogP contribution < -0.4 is 0 Å². The molecule has 1 aliphatic carbocycles. The fourth-order valence-electron chi connectivity index (χ4n) is 2.33. The Balaban J connectivity index is 1.97. The third-order valence-corrected chi connectivity index (χ3v) is 5.47. The smallest absolute Gasteiger partial charge is 0.0885 e. The van der Waals surface area contributed by atoms with Gasteiger partial charge in [-0.05, 0) is 46.8 Å². The maximum absolute atomic E-state index is 10.1. The quantitative estimate of drug-likeness (QED) is 0.872. The van der Waals surface area contributed by atoms with Crippen molar-refractivity contribution in [3.05, 3.63) is 20.3 Å². The standard InChI is InChI=1S/C12H17BrOS/c1-8-6-11(15-12(8)13)10(14)7-9-4-2-3-5-9/h6,9-10,14H,2-5,7H2,1H3. The first kappa shape index (κ1) is 11.6. The second kappa shape index (κ2) is 4.98. The second-order valence-electron chi connectivity index (χ2n) is 4.51. The van der Waals surface area contributed by atoms with Gasteiger partial charge in [-0.1, -0.05) is 25.7 Å². The lowest BCUT2D eigenvalue weighted by Gasteiger charge is -2.13. The van der Waals surface area contributed by atoms with Gasteiger partial charge in [0.15, 0.2) is 0 Å². The number of hydrogen-bond donors (Lipinski definition) is 1. The molecule has 1 aromatic rings. The Morgan fingerprint density at radius 2 is 2.20 bits per heavy atom. The van der Waals surface area contributed by atoms with Gasteiger partial charge < -0.3 is 5.11 Å². The lowest BCUT2D eigenvalue weighted by molar-refractivity contribution is 0.148. The first-order valence-electron chi connectivity index (χ1n) is 5.60. The SMILES string of the molecule is Cc1cc(C(O)CC2CCCC2)sc1Br. The summed E-state index contributed by atoms with van der Waals surface area (Å²) in [5, 5.41) is 10.1. The van der Waals surface area contributed by atoms with Gasteiger partial charge in [0.2, 0.25) is 0 Å². The zero-order valence-corrected chi connectivity index (χ0v) is 11.4. The zero-order valence-electron chi connectivity index (χ0n) is 9.00. The number of aryl methyl sites for hydroxylation is 1. The first-order valence-corrected chi connectivity index (χ1v) is 7.21. The molecular weight excluding hydrogens is 272 g/mol. The molecule has 15 heavy (non-hydrogen) atoms. The Bertz CT molecular complexity index is 309. The molecule has 0 amide bonds. The van der Waals surface area contributed by atoms with Crippen molar-refractivity contribution in [1.82, 2.24) is 0 Å². The Kier molecular flexibility index (Phi) is 3.86. The minimum Gasteiger partial charge on any atom is -0.388 e. The monoisotopic (exact) mass is 288 g/mol. The van der Waals surface area contributed by atoms with Gasteiger partial charge in [-0.25, -0.2) is 0 Å². The Labute approximate surface area is 104 Å². The number of aliphatic hydroxyl groups is 1. The maximum atomic E-state index is 10.1. The van der Waals surface area contributed by atoms with Crippen LogP contribution in [0.2, 0.25) is 0 Å². The van der Waals surface area contributed by atoms with Gasteiger partial charge in [-0.3, -0.25) is 0 Å². The lowest BCUT2D eigenvalue weighted by atomic mass is 9.99. The summed E-state index contributed by atoms with van der Waals surface area (Å²) in [6, 6.07) is 2.11. The molecule has 1 unspecified atom stereocenters. The number of rotatable bonds is 3. The van der Waals surface area contributed by atoms with Crippen LogP contribution in [0.15, 0.2) is 9.85 Å². The molecule has 0 radical (unpaired) electrons. The maximum Gasteiger partial charge on any atom is 0.0885 e. The minimum atomic E-state index is -0.247. The third kappa shape index (κ3) is 2.83. The molecule has 1 nitrogen and oxygen atoms in total. The van der Waals surface area contributed by atoms with Crippen LogP contribution in [-0.2, 0) is 0 Å². The van der Waals surface area contributed by atoms with Gasteiger partial charge in [-0.15, -0.1) is 11.3 Å². The highest BCUT2D eigenvalue weighted by Gasteiger charge is 2.21. The molecule has 2 rings (SSSR count). The fourth-order valence-corrected chi connectivity index (χ4v) is 3.90. The molecule has 1 heterocycles. The predicted octanol–water partition coefficient (Wildman–Crippen LogP) is 4.43. The highest BCUT2D eigenvalue weighted by atomic mass is 79.9. The Morgan fingerprint density at radius 1 is 1.53 bits per heavy atom. The van der Waals surface area contributed by atoms with Gasteiger partial charge in [0, 0.05) is 4.88 Å². The van der Waals surface area contributed by atoms with Gasteiger partial charge in [-0.2, -0.15) is 0 Å². The van der Waals surface area contributed by atoms with Crippen LogP contribution in [0.3, 0.4) is 0 Å². The van der Waals surface area contributed by atoms with Gasteiger partial charge >= 0.3 is 0 Å². The normalized spacial score (nSPS) is 19.7. The molecule has 1 fully saturated rings. The summed E-state index contributed by atoms with van der Waals surface area (Å²) in [7, 11) is 0. The molecule has 84 valence electrons. The summed E-state index contributed by atoms with van der Waals surface area (Å²) in [4.78, 5) is 1.12. The van der Waals surface area contributed by atoms with Gasteiger partial charge in [0.05, 0.1) is 9.89 Å². The Hall–Kier alpha value is 0.140. The van der Waals surface area contributed by atoms with Crippen molar-refractivity contribution in [2.75, 3.05) is 0 Å². The van der Waals surface area contributed by atoms with Crippen LogP contribution in [-0.4, -0.2) is 5.11 Å². The van der Waals surface area contributed by atoms with Crippen LogP contribution in [0.1, 0.15) is 48.6 Å². The molecular formula is C12H17BrOS. The average Bonchev–Trinajstić information content (AvgIpc) is 2.78. The molecule has 1 aromatic heterocycles. The number of halogens is 1. The van der Waals surface area contributed by atoms with Crippen molar-refractivity contribution in [3.8, 4) is 0 Å². The molecule has 1 N–H and O–H groups in total. The van der Waals surface area contributed by atoms with E-state index in [4.69, 9.17) is 0 Å². The lowest BCUT2D eigenvalue weighted by Crippen LogP contribution is -2.02. The van der Waals surface area contributed by atoms with Crippen molar-refractivity contribution in [2.24, 2.45) is 5.92 Å². The van der Waals surface area contributed by atoms with Crippen LogP contribution >= 0.6 is 27.3 Å². The molecule has 1 atom stereocenters. The molecule has 0 saturated heterocycles. The zero-order chi connectivity index (χ0) is 10.8. The van der Waals surface area contributed by atoms with Gasteiger partial charge in [0.1, 0.15) is 0 Å². The summed E-state index contributed by atoms with van der Waals surface area (Å²) in [6.07, 6.45) is 6.02. The summed E-state index contributed by atoms with van der Waals surface area (Å²) in [5.41, 5.74) is 1.24. The number of aliphatic hydroxyl groups excluding tert-OH is 1. The van der Waals surface area contributed by atoms with Crippen LogP contribution in [0, 0.1) is 12.8 Å². The van der Waals surface area contributed by atoms with Crippen molar-refractivity contribution >= 4 is 27.3 Å². The van der Waals surface area contributed by atoms with Crippen LogP contribution in [0.4, 0.5) is 0 Å². The second-order valence-corrected chi connectivity index (χ2v) is 6.91. The fraction of sp³-hybridized carbons (Fsp3) is 0.667. The summed E-state index contributed by atoms with van der Waals surface area (Å²) in [6.45, 7) is 2.08. The van der Waals surface area contributed by atoms with E-state index in [9.17, 15) is 5.11 Å². The third-order valence-electron chi connectivity index (χ3n) is 3.24. The van der Waals surface area contributed by atoms with E-state index in [0.717, 1.165) is 21.0 Å². The first-order chi connectivity index (χ1) is 7.16. The summed E-state index contributed by atoms with van der Waals surface area (Å²) >= 11 is 5.18. The molecule has 0 aromatic carbocycles. The number of thiophene rings is 1. The topological polar surface area (TPSA) is 20.2 Å².